The molecule has 0 unspecified atom stereocenters. The van der Waals surface area contributed by atoms with Crippen LogP contribution in [0, 0.1) is 5.92 Å². The lowest BCUT2D eigenvalue weighted by Gasteiger charge is -2.47. The van der Waals surface area contributed by atoms with Gasteiger partial charge in [-0.1, -0.05) is 33.6 Å². The molecule has 0 spiro atoms. The van der Waals surface area contributed by atoms with Crippen molar-refractivity contribution in [2.75, 3.05) is 19.6 Å². The highest BCUT2D eigenvalue weighted by molar-refractivity contribution is 4.94. The fourth-order valence-electron chi connectivity index (χ4n) is 2.05. The van der Waals surface area contributed by atoms with Gasteiger partial charge in [0.2, 0.25) is 0 Å². The predicted molar refractivity (Wildman–Crippen MR) is 55.8 cm³/mol. The number of β-amino-alcohol motifs (C(OH)–C–C–N with tert-alkyl or cyclic N) is 1. The van der Waals surface area contributed by atoms with E-state index in [4.69, 9.17) is 0 Å². The number of likely N-dealkylation sites (tertiary alicyclic amines) is 1. The summed E-state index contributed by atoms with van der Waals surface area (Å²) in [6, 6.07) is 0. The van der Waals surface area contributed by atoms with Gasteiger partial charge in [0.05, 0.1) is 5.60 Å². The molecule has 2 heteroatoms. The van der Waals surface area contributed by atoms with Gasteiger partial charge in [0.15, 0.2) is 0 Å². The second-order valence-electron chi connectivity index (χ2n) is 4.43. The van der Waals surface area contributed by atoms with E-state index in [-0.39, 0.29) is 5.60 Å². The lowest BCUT2D eigenvalue weighted by atomic mass is 9.89. The second-order valence-corrected chi connectivity index (χ2v) is 4.43. The molecule has 0 aromatic rings. The Bertz CT molecular complexity index is 148. The van der Waals surface area contributed by atoms with E-state index in [1.807, 2.05) is 0 Å². The van der Waals surface area contributed by atoms with Crippen molar-refractivity contribution in [3.8, 4) is 0 Å². The maximum atomic E-state index is 9.81. The molecule has 0 radical (unpaired) electrons. The van der Waals surface area contributed by atoms with E-state index in [1.54, 1.807) is 0 Å². The average molecular weight is 185 g/mol. The number of hydrogen-bond donors (Lipinski definition) is 1. The number of nitrogens with zero attached hydrogens (tertiary/aromatic N) is 1. The summed E-state index contributed by atoms with van der Waals surface area (Å²) in [5.74, 6) is 0.821. The largest absolute Gasteiger partial charge is 0.387 e. The first-order valence-electron chi connectivity index (χ1n) is 5.58. The molecule has 0 saturated carbocycles. The molecule has 1 saturated heterocycles. The van der Waals surface area contributed by atoms with Gasteiger partial charge in [-0.25, -0.2) is 0 Å². The van der Waals surface area contributed by atoms with Gasteiger partial charge in [0.1, 0.15) is 0 Å². The highest BCUT2D eigenvalue weighted by Crippen LogP contribution is 2.25. The summed E-state index contributed by atoms with van der Waals surface area (Å²) in [6.07, 6.45) is 3.42. The van der Waals surface area contributed by atoms with Gasteiger partial charge < -0.3 is 5.11 Å². The summed E-state index contributed by atoms with van der Waals surface area (Å²) < 4.78 is 0. The summed E-state index contributed by atoms with van der Waals surface area (Å²) in [7, 11) is 0. The Morgan fingerprint density at radius 2 is 1.77 bits per heavy atom. The van der Waals surface area contributed by atoms with Crippen molar-refractivity contribution in [1.29, 1.82) is 0 Å². The lowest BCUT2D eigenvalue weighted by Crippen LogP contribution is -2.62. The molecule has 2 nitrogen and oxygen atoms in total. The zero-order valence-electron chi connectivity index (χ0n) is 9.21. The standard InChI is InChI=1S/C11H23NO/c1-4-10(5-2)7-12-8-11(13,6-3)9-12/h10,13H,4-9H2,1-3H3. The van der Waals surface area contributed by atoms with Crippen LogP contribution >= 0.6 is 0 Å². The normalized spacial score (nSPS) is 21.9. The van der Waals surface area contributed by atoms with Gasteiger partial charge in [-0.3, -0.25) is 4.90 Å². The van der Waals surface area contributed by atoms with Gasteiger partial charge in [-0.15, -0.1) is 0 Å². The van der Waals surface area contributed by atoms with Gasteiger partial charge in [-0.2, -0.15) is 0 Å². The van der Waals surface area contributed by atoms with Crippen molar-refractivity contribution < 1.29 is 5.11 Å². The molecular formula is C11H23NO. The molecule has 1 aliphatic heterocycles. The first-order chi connectivity index (χ1) is 6.13. The molecule has 1 heterocycles. The van der Waals surface area contributed by atoms with E-state index in [2.05, 4.69) is 25.7 Å². The molecule has 0 aromatic heterocycles. The van der Waals surface area contributed by atoms with Crippen LogP contribution in [0.3, 0.4) is 0 Å². The quantitative estimate of drug-likeness (QED) is 0.707. The van der Waals surface area contributed by atoms with Crippen molar-refractivity contribution >= 4 is 0 Å². The summed E-state index contributed by atoms with van der Waals surface area (Å²) in [6.45, 7) is 9.52. The van der Waals surface area contributed by atoms with Crippen molar-refractivity contribution in [3.05, 3.63) is 0 Å². The van der Waals surface area contributed by atoms with Gasteiger partial charge >= 0.3 is 0 Å². The Balaban J connectivity index is 2.20. The van der Waals surface area contributed by atoms with Crippen LogP contribution in [-0.2, 0) is 0 Å². The van der Waals surface area contributed by atoms with Crippen LogP contribution in [0.15, 0.2) is 0 Å². The molecule has 0 atom stereocenters. The third kappa shape index (κ3) is 2.68. The zero-order valence-corrected chi connectivity index (χ0v) is 9.21. The Morgan fingerprint density at radius 1 is 1.23 bits per heavy atom. The van der Waals surface area contributed by atoms with E-state index in [1.165, 1.54) is 19.4 Å². The molecular weight excluding hydrogens is 162 g/mol. The third-order valence-corrected chi connectivity index (χ3v) is 3.37. The van der Waals surface area contributed by atoms with Gasteiger partial charge in [-0.05, 0) is 12.3 Å². The highest BCUT2D eigenvalue weighted by atomic mass is 16.3. The van der Waals surface area contributed by atoms with Crippen molar-refractivity contribution in [2.45, 2.75) is 45.6 Å². The van der Waals surface area contributed by atoms with Crippen LogP contribution in [0.25, 0.3) is 0 Å². The zero-order chi connectivity index (χ0) is 9.90. The first kappa shape index (κ1) is 11.0. The van der Waals surface area contributed by atoms with Crippen molar-refractivity contribution in [2.24, 2.45) is 5.92 Å². The molecule has 1 fully saturated rings. The number of aliphatic hydroxyl groups is 1. The van der Waals surface area contributed by atoms with Crippen molar-refractivity contribution in [1.82, 2.24) is 4.90 Å². The third-order valence-electron chi connectivity index (χ3n) is 3.37. The minimum atomic E-state index is -0.355. The molecule has 0 aliphatic carbocycles. The first-order valence-corrected chi connectivity index (χ1v) is 5.58. The molecule has 1 aliphatic rings. The van der Waals surface area contributed by atoms with Crippen LogP contribution < -0.4 is 0 Å². The fraction of sp³-hybridized carbons (Fsp3) is 1.00. The predicted octanol–water partition coefficient (Wildman–Crippen LogP) is 1.88. The highest BCUT2D eigenvalue weighted by Gasteiger charge is 2.39. The van der Waals surface area contributed by atoms with Crippen LogP contribution in [-0.4, -0.2) is 35.2 Å². The summed E-state index contributed by atoms with van der Waals surface area (Å²) in [4.78, 5) is 2.38. The maximum absolute atomic E-state index is 9.81. The number of rotatable bonds is 5. The summed E-state index contributed by atoms with van der Waals surface area (Å²) in [5, 5.41) is 9.81. The monoisotopic (exact) mass is 185 g/mol. The molecule has 13 heavy (non-hydrogen) atoms. The van der Waals surface area contributed by atoms with E-state index in [9.17, 15) is 5.11 Å². The minimum absolute atomic E-state index is 0.355. The van der Waals surface area contributed by atoms with Crippen LogP contribution in [0.1, 0.15) is 40.0 Å². The van der Waals surface area contributed by atoms with Crippen LogP contribution in [0.4, 0.5) is 0 Å². The topological polar surface area (TPSA) is 23.5 Å². The van der Waals surface area contributed by atoms with E-state index in [0.29, 0.717) is 0 Å². The van der Waals surface area contributed by atoms with Gasteiger partial charge in [0, 0.05) is 19.6 Å². The Hall–Kier alpha value is -0.0800. The SMILES string of the molecule is CCC(CC)CN1CC(O)(CC)C1. The lowest BCUT2D eigenvalue weighted by molar-refractivity contribution is -0.104. The molecule has 0 amide bonds. The molecule has 1 rings (SSSR count). The fourth-order valence-corrected chi connectivity index (χ4v) is 2.05. The Morgan fingerprint density at radius 3 is 2.15 bits per heavy atom. The van der Waals surface area contributed by atoms with Crippen LogP contribution in [0.2, 0.25) is 0 Å². The summed E-state index contributed by atoms with van der Waals surface area (Å²) >= 11 is 0. The smallest absolute Gasteiger partial charge is 0.0897 e. The van der Waals surface area contributed by atoms with Gasteiger partial charge in [0.25, 0.3) is 0 Å². The Kier molecular flexibility index (Phi) is 3.74. The Labute approximate surface area is 81.9 Å². The molecule has 78 valence electrons. The van der Waals surface area contributed by atoms with Crippen LogP contribution in [0.5, 0.6) is 0 Å². The minimum Gasteiger partial charge on any atom is -0.387 e. The second kappa shape index (κ2) is 4.43. The average Bonchev–Trinajstić information content (AvgIpc) is 2.10. The van der Waals surface area contributed by atoms with E-state index < -0.39 is 0 Å². The molecule has 0 aromatic carbocycles. The van der Waals surface area contributed by atoms with E-state index >= 15 is 0 Å². The molecule has 1 N–H and O–H groups in total. The maximum Gasteiger partial charge on any atom is 0.0897 e. The van der Waals surface area contributed by atoms with E-state index in [0.717, 1.165) is 25.4 Å². The summed E-state index contributed by atoms with van der Waals surface area (Å²) in [5.41, 5.74) is -0.355. The number of hydrogen-bond acceptors (Lipinski definition) is 2. The van der Waals surface area contributed by atoms with Crippen molar-refractivity contribution in [3.63, 3.8) is 0 Å². The molecule has 0 bridgehead atoms.